The Morgan fingerprint density at radius 2 is 1.69 bits per heavy atom. The lowest BCUT2D eigenvalue weighted by Crippen LogP contribution is -2.40. The van der Waals surface area contributed by atoms with Gasteiger partial charge in [-0.25, -0.2) is 13.0 Å². The lowest BCUT2D eigenvalue weighted by molar-refractivity contribution is 0.276. The van der Waals surface area contributed by atoms with Crippen LogP contribution in [0.1, 0.15) is 58.4 Å². The van der Waals surface area contributed by atoms with Gasteiger partial charge >= 0.3 is 0 Å². The smallest absolute Gasteiger partial charge is 0.192 e. The molecule has 2 rings (SSSR count). The van der Waals surface area contributed by atoms with Crippen LogP contribution in [0.25, 0.3) is 0 Å². The zero-order valence-electron chi connectivity index (χ0n) is 19.8. The summed E-state index contributed by atoms with van der Waals surface area (Å²) in [5.74, 6) is -1.84. The van der Waals surface area contributed by atoms with Crippen LogP contribution in [0.3, 0.4) is 0 Å². The highest BCUT2D eigenvalue weighted by atomic mass is 35.5. The molecule has 9 heteroatoms. The lowest BCUT2D eigenvalue weighted by atomic mass is 10.1. The van der Waals surface area contributed by atoms with Gasteiger partial charge in [0.15, 0.2) is 8.32 Å². The average molecular weight is 501 g/mol. The Hall–Kier alpha value is -1.48. The predicted molar refractivity (Wildman–Crippen MR) is 131 cm³/mol. The van der Waals surface area contributed by atoms with Crippen molar-refractivity contribution in [2.45, 2.75) is 71.0 Å². The Kier molecular flexibility index (Phi) is 8.19. The summed E-state index contributed by atoms with van der Waals surface area (Å²) in [6, 6.07) is 5.65. The first kappa shape index (κ1) is 26.8. The number of nitrogens with zero attached hydrogens (tertiary/aromatic N) is 2. The fourth-order valence-electron chi connectivity index (χ4n) is 2.29. The molecule has 4 nitrogen and oxygen atoms in total. The second kappa shape index (κ2) is 9.79. The number of aromatic nitrogens is 1. The minimum Gasteiger partial charge on any atom is -0.413 e. The third kappa shape index (κ3) is 6.53. The Morgan fingerprint density at radius 3 is 2.12 bits per heavy atom. The van der Waals surface area contributed by atoms with Crippen LogP contribution in [0, 0.1) is 11.6 Å². The van der Waals surface area contributed by atoms with Gasteiger partial charge in [0.25, 0.3) is 0 Å². The van der Waals surface area contributed by atoms with Gasteiger partial charge in [-0.1, -0.05) is 38.4 Å². The molecule has 0 bridgehead atoms. The van der Waals surface area contributed by atoms with Gasteiger partial charge in [-0.2, -0.15) is 4.40 Å². The molecule has 0 saturated heterocycles. The van der Waals surface area contributed by atoms with Gasteiger partial charge in [-0.3, -0.25) is 4.98 Å². The molecule has 0 radical (unpaired) electrons. The number of hydrogen-bond acceptors (Lipinski definition) is 3. The van der Waals surface area contributed by atoms with Gasteiger partial charge < -0.3 is 4.43 Å². The highest BCUT2D eigenvalue weighted by Gasteiger charge is 2.37. The molecule has 2 aromatic rings. The first-order valence-electron chi connectivity index (χ1n) is 10.3. The minimum absolute atomic E-state index is 0.0833. The van der Waals surface area contributed by atoms with E-state index in [0.717, 1.165) is 17.7 Å². The van der Waals surface area contributed by atoms with Crippen LogP contribution < -0.4 is 0 Å². The van der Waals surface area contributed by atoms with Crippen LogP contribution in [0.2, 0.25) is 23.2 Å². The van der Waals surface area contributed by atoms with E-state index in [0.29, 0.717) is 12.3 Å². The van der Waals surface area contributed by atoms with E-state index in [2.05, 4.69) is 43.2 Å². The molecule has 0 N–H and O–H groups in total. The van der Waals surface area contributed by atoms with Gasteiger partial charge in [-0.15, -0.1) is 0 Å². The van der Waals surface area contributed by atoms with Crippen molar-refractivity contribution in [1.29, 1.82) is 0 Å². The summed E-state index contributed by atoms with van der Waals surface area (Å²) >= 11 is 5.63. The molecule has 0 spiro atoms. The molecule has 0 fully saturated rings. The monoisotopic (exact) mass is 500 g/mol. The predicted octanol–water partition coefficient (Wildman–Crippen LogP) is 6.83. The van der Waals surface area contributed by atoms with E-state index < -0.39 is 40.7 Å². The Bertz CT molecular complexity index is 1010. The van der Waals surface area contributed by atoms with E-state index in [1.807, 2.05) is 6.07 Å². The maximum Gasteiger partial charge on any atom is 0.192 e. The van der Waals surface area contributed by atoms with Crippen LogP contribution in [0.5, 0.6) is 0 Å². The lowest BCUT2D eigenvalue weighted by Gasteiger charge is -2.36. The maximum atomic E-state index is 14.1. The zero-order chi connectivity index (χ0) is 24.5. The van der Waals surface area contributed by atoms with E-state index >= 15 is 0 Å². The SMILES string of the molecule is CC(C)(C)S(=O)N=C(c1cc(F)c(Cl)c(F)c1)c1ccc(CO[Si](C)(C)C(C)(C)C)cn1. The summed E-state index contributed by atoms with van der Waals surface area (Å²) in [6.07, 6.45) is 1.64. The Labute approximate surface area is 198 Å². The maximum absolute atomic E-state index is 14.1. The van der Waals surface area contributed by atoms with Crippen LogP contribution in [-0.2, 0) is 22.0 Å². The fraction of sp³-hybridized carbons (Fsp3) is 0.478. The van der Waals surface area contributed by atoms with E-state index in [1.54, 1.807) is 33.0 Å². The second-order valence-corrected chi connectivity index (χ2v) is 17.2. The summed E-state index contributed by atoms with van der Waals surface area (Å²) in [5.41, 5.74) is 1.45. The van der Waals surface area contributed by atoms with Crippen molar-refractivity contribution in [3.8, 4) is 0 Å². The largest absolute Gasteiger partial charge is 0.413 e. The van der Waals surface area contributed by atoms with Crippen molar-refractivity contribution >= 4 is 36.6 Å². The molecule has 0 aliphatic carbocycles. The van der Waals surface area contributed by atoms with Crippen molar-refractivity contribution in [2.75, 3.05) is 0 Å². The third-order valence-corrected chi connectivity index (χ3v) is 11.7. The molecule has 0 aliphatic heterocycles. The van der Waals surface area contributed by atoms with Crippen molar-refractivity contribution in [1.82, 2.24) is 4.98 Å². The quantitative estimate of drug-likeness (QED) is 0.248. The molecule has 0 saturated carbocycles. The molecule has 1 aromatic heterocycles. The van der Waals surface area contributed by atoms with Crippen molar-refractivity contribution in [2.24, 2.45) is 4.40 Å². The molecule has 176 valence electrons. The van der Waals surface area contributed by atoms with E-state index in [1.165, 1.54) is 0 Å². The molecule has 1 aromatic carbocycles. The Balaban J connectivity index is 2.43. The molecular formula is C23H31ClF2N2O2SSi. The molecule has 1 atom stereocenters. The highest BCUT2D eigenvalue weighted by molar-refractivity contribution is 7.85. The minimum atomic E-state index is -1.92. The van der Waals surface area contributed by atoms with Gasteiger partial charge in [0, 0.05) is 11.8 Å². The second-order valence-electron chi connectivity index (χ2n) is 10.2. The summed E-state index contributed by atoms with van der Waals surface area (Å²) in [7, 11) is -3.59. The van der Waals surface area contributed by atoms with Crippen molar-refractivity contribution in [3.05, 3.63) is 63.9 Å². The summed E-state index contributed by atoms with van der Waals surface area (Å²) in [6.45, 7) is 16.6. The van der Waals surface area contributed by atoms with E-state index in [9.17, 15) is 13.0 Å². The summed E-state index contributed by atoms with van der Waals surface area (Å²) in [4.78, 5) is 4.43. The number of benzene rings is 1. The number of halogens is 3. The summed E-state index contributed by atoms with van der Waals surface area (Å²) < 4.78 is 50.8. The third-order valence-electron chi connectivity index (χ3n) is 5.43. The first-order chi connectivity index (χ1) is 14.5. The van der Waals surface area contributed by atoms with Crippen LogP contribution in [-0.4, -0.2) is 28.0 Å². The molecule has 32 heavy (non-hydrogen) atoms. The van der Waals surface area contributed by atoms with Gasteiger partial charge in [-0.05, 0) is 62.7 Å². The average Bonchev–Trinajstić information content (AvgIpc) is 2.67. The van der Waals surface area contributed by atoms with Crippen molar-refractivity contribution < 1.29 is 17.4 Å². The van der Waals surface area contributed by atoms with Gasteiger partial charge in [0.1, 0.15) is 33.4 Å². The molecule has 1 unspecified atom stereocenters. The first-order valence-corrected chi connectivity index (χ1v) is 14.7. The van der Waals surface area contributed by atoms with E-state index in [4.69, 9.17) is 16.0 Å². The van der Waals surface area contributed by atoms with Gasteiger partial charge in [0.05, 0.1) is 17.0 Å². The topological polar surface area (TPSA) is 51.5 Å². The van der Waals surface area contributed by atoms with Crippen LogP contribution in [0.4, 0.5) is 8.78 Å². The van der Waals surface area contributed by atoms with Crippen LogP contribution >= 0.6 is 11.6 Å². The summed E-state index contributed by atoms with van der Waals surface area (Å²) in [5, 5.41) is -0.518. The van der Waals surface area contributed by atoms with Crippen molar-refractivity contribution in [3.63, 3.8) is 0 Å². The fourth-order valence-corrected chi connectivity index (χ4v) is 4.00. The molecule has 0 aliphatic rings. The zero-order valence-corrected chi connectivity index (χ0v) is 22.4. The normalized spacial score (nSPS) is 14.5. The molecular weight excluding hydrogens is 470 g/mol. The standard InChI is InChI=1S/C23H31ClF2N2O2SSi/c1-22(2,3)31(29)28-21(16-11-17(25)20(24)18(26)12-16)19-10-9-15(13-27-19)14-30-32(7,8)23(4,5)6/h9-13H,14H2,1-8H3. The van der Waals surface area contributed by atoms with E-state index in [-0.39, 0.29) is 16.3 Å². The van der Waals surface area contributed by atoms with Gasteiger partial charge in [0.2, 0.25) is 0 Å². The van der Waals surface area contributed by atoms with Crippen LogP contribution in [0.15, 0.2) is 34.9 Å². The molecule has 1 heterocycles. The Morgan fingerprint density at radius 1 is 1.12 bits per heavy atom. The number of rotatable bonds is 6. The number of hydrogen-bond donors (Lipinski definition) is 0. The highest BCUT2D eigenvalue weighted by Crippen LogP contribution is 2.37. The molecule has 0 amide bonds. The number of pyridine rings is 1.